The number of aryl methyl sites for hydroxylation is 1. The summed E-state index contributed by atoms with van der Waals surface area (Å²) in [5.74, 6) is -0.104. The number of carbonyl (C=O) groups is 1. The standard InChI is InChI=1S/C16H16ClFN2O2/c1-10-3-6-15(22-2)14(7-10)20-16(21)9-19-13-5-4-11(18)8-12(13)17/h3-8,19H,9H2,1-2H3,(H,20,21). The summed E-state index contributed by atoms with van der Waals surface area (Å²) in [6.45, 7) is 1.92. The van der Waals surface area contributed by atoms with Gasteiger partial charge < -0.3 is 15.4 Å². The van der Waals surface area contributed by atoms with Crippen molar-refractivity contribution in [1.29, 1.82) is 0 Å². The third-order valence-corrected chi connectivity index (χ3v) is 3.31. The number of amides is 1. The number of hydrogen-bond donors (Lipinski definition) is 2. The first-order valence-corrected chi connectivity index (χ1v) is 7.01. The Balaban J connectivity index is 2.00. The molecule has 0 aliphatic heterocycles. The quantitative estimate of drug-likeness (QED) is 0.879. The minimum Gasteiger partial charge on any atom is -0.495 e. The van der Waals surface area contributed by atoms with Gasteiger partial charge in [-0.1, -0.05) is 17.7 Å². The molecule has 0 fully saturated rings. The first-order valence-electron chi connectivity index (χ1n) is 6.63. The molecule has 0 heterocycles. The average Bonchev–Trinajstić information content (AvgIpc) is 2.46. The Kier molecular flexibility index (Phi) is 5.22. The normalized spacial score (nSPS) is 10.2. The Bertz CT molecular complexity index is 692. The van der Waals surface area contributed by atoms with Crippen LogP contribution in [0.4, 0.5) is 15.8 Å². The van der Waals surface area contributed by atoms with Crippen LogP contribution in [-0.2, 0) is 4.79 Å². The first kappa shape index (κ1) is 16.1. The summed E-state index contributed by atoms with van der Waals surface area (Å²) in [5.41, 5.74) is 2.10. The van der Waals surface area contributed by atoms with E-state index in [0.717, 1.165) is 5.56 Å². The van der Waals surface area contributed by atoms with E-state index in [4.69, 9.17) is 16.3 Å². The van der Waals surface area contributed by atoms with Crippen molar-refractivity contribution in [2.24, 2.45) is 0 Å². The van der Waals surface area contributed by atoms with Crippen LogP contribution in [-0.4, -0.2) is 19.6 Å². The number of anilines is 2. The van der Waals surface area contributed by atoms with Crippen LogP contribution in [0.5, 0.6) is 5.75 Å². The number of ether oxygens (including phenoxy) is 1. The van der Waals surface area contributed by atoms with E-state index >= 15 is 0 Å². The third-order valence-electron chi connectivity index (χ3n) is 3.00. The molecular formula is C16H16ClFN2O2. The molecule has 2 N–H and O–H groups in total. The smallest absolute Gasteiger partial charge is 0.243 e. The maximum absolute atomic E-state index is 12.9. The van der Waals surface area contributed by atoms with Crippen LogP contribution in [0, 0.1) is 12.7 Å². The van der Waals surface area contributed by atoms with Gasteiger partial charge in [0.25, 0.3) is 0 Å². The van der Waals surface area contributed by atoms with Crippen molar-refractivity contribution in [3.63, 3.8) is 0 Å². The average molecular weight is 323 g/mol. The van der Waals surface area contributed by atoms with Gasteiger partial charge in [0.05, 0.1) is 30.1 Å². The number of carbonyl (C=O) groups excluding carboxylic acids is 1. The Morgan fingerprint density at radius 1 is 1.23 bits per heavy atom. The van der Waals surface area contributed by atoms with Crippen molar-refractivity contribution < 1.29 is 13.9 Å². The molecule has 0 unspecified atom stereocenters. The van der Waals surface area contributed by atoms with Gasteiger partial charge in [0.15, 0.2) is 0 Å². The predicted octanol–water partition coefficient (Wildman–Crippen LogP) is 3.85. The maximum atomic E-state index is 12.9. The van der Waals surface area contributed by atoms with Gasteiger partial charge >= 0.3 is 0 Å². The number of hydrogen-bond acceptors (Lipinski definition) is 3. The van der Waals surface area contributed by atoms with E-state index in [1.165, 1.54) is 25.3 Å². The van der Waals surface area contributed by atoms with E-state index in [2.05, 4.69) is 10.6 Å². The molecule has 22 heavy (non-hydrogen) atoms. The number of halogens is 2. The molecule has 2 aromatic rings. The lowest BCUT2D eigenvalue weighted by molar-refractivity contribution is -0.114. The third kappa shape index (κ3) is 4.11. The minimum atomic E-state index is -0.426. The zero-order valence-electron chi connectivity index (χ0n) is 12.2. The topological polar surface area (TPSA) is 50.4 Å². The van der Waals surface area contributed by atoms with Crippen molar-refractivity contribution >= 4 is 28.9 Å². The summed E-state index contributed by atoms with van der Waals surface area (Å²) in [5, 5.41) is 5.84. The molecule has 0 aliphatic carbocycles. The highest BCUT2D eigenvalue weighted by molar-refractivity contribution is 6.33. The molecule has 0 radical (unpaired) electrons. The monoisotopic (exact) mass is 322 g/mol. The van der Waals surface area contributed by atoms with E-state index in [1.807, 2.05) is 19.1 Å². The van der Waals surface area contributed by atoms with Gasteiger partial charge in [-0.2, -0.15) is 0 Å². The Labute approximate surface area is 133 Å². The molecule has 0 saturated carbocycles. The van der Waals surface area contributed by atoms with Gasteiger partial charge in [0.1, 0.15) is 11.6 Å². The van der Waals surface area contributed by atoms with Crippen LogP contribution in [0.25, 0.3) is 0 Å². The molecule has 1 amide bonds. The molecule has 0 aromatic heterocycles. The van der Waals surface area contributed by atoms with E-state index in [-0.39, 0.29) is 17.5 Å². The van der Waals surface area contributed by atoms with Crippen molar-refractivity contribution in [3.05, 3.63) is 52.8 Å². The van der Waals surface area contributed by atoms with Crippen LogP contribution >= 0.6 is 11.6 Å². The van der Waals surface area contributed by atoms with Gasteiger partial charge in [0, 0.05) is 0 Å². The lowest BCUT2D eigenvalue weighted by Crippen LogP contribution is -2.22. The van der Waals surface area contributed by atoms with Crippen molar-refractivity contribution in [2.75, 3.05) is 24.3 Å². The second-order valence-corrected chi connectivity index (χ2v) is 5.14. The van der Waals surface area contributed by atoms with Crippen LogP contribution in [0.3, 0.4) is 0 Å². The molecule has 0 atom stereocenters. The largest absolute Gasteiger partial charge is 0.495 e. The summed E-state index contributed by atoms with van der Waals surface area (Å²) in [6.07, 6.45) is 0. The summed E-state index contributed by atoms with van der Waals surface area (Å²) >= 11 is 5.89. The molecule has 116 valence electrons. The van der Waals surface area contributed by atoms with E-state index in [9.17, 15) is 9.18 Å². The second kappa shape index (κ2) is 7.13. The highest BCUT2D eigenvalue weighted by atomic mass is 35.5. The number of benzene rings is 2. The lowest BCUT2D eigenvalue weighted by atomic mass is 10.2. The first-order chi connectivity index (χ1) is 10.5. The number of methoxy groups -OCH3 is 1. The van der Waals surface area contributed by atoms with Crippen LogP contribution in [0.2, 0.25) is 5.02 Å². The number of rotatable bonds is 5. The van der Waals surface area contributed by atoms with E-state index in [1.54, 1.807) is 6.07 Å². The van der Waals surface area contributed by atoms with Crippen molar-refractivity contribution in [2.45, 2.75) is 6.92 Å². The molecular weight excluding hydrogens is 307 g/mol. The van der Waals surface area contributed by atoms with Crippen molar-refractivity contribution in [3.8, 4) is 5.75 Å². The Morgan fingerprint density at radius 2 is 2.00 bits per heavy atom. The second-order valence-electron chi connectivity index (χ2n) is 4.73. The maximum Gasteiger partial charge on any atom is 0.243 e. The Hall–Kier alpha value is -2.27. The van der Waals surface area contributed by atoms with Crippen LogP contribution in [0.1, 0.15) is 5.56 Å². The predicted molar refractivity (Wildman–Crippen MR) is 86.3 cm³/mol. The summed E-state index contributed by atoms with van der Waals surface area (Å²) in [4.78, 5) is 12.0. The molecule has 2 aromatic carbocycles. The number of nitrogens with one attached hydrogen (secondary N) is 2. The highest BCUT2D eigenvalue weighted by Crippen LogP contribution is 2.25. The minimum absolute atomic E-state index is 0.00243. The van der Waals surface area contributed by atoms with Gasteiger partial charge in [-0.3, -0.25) is 4.79 Å². The molecule has 0 saturated heterocycles. The molecule has 6 heteroatoms. The van der Waals surface area contributed by atoms with Crippen LogP contribution in [0.15, 0.2) is 36.4 Å². The zero-order valence-corrected chi connectivity index (χ0v) is 13.0. The van der Waals surface area contributed by atoms with E-state index in [0.29, 0.717) is 17.1 Å². The van der Waals surface area contributed by atoms with E-state index < -0.39 is 5.82 Å². The molecule has 0 aliphatic rings. The molecule has 0 spiro atoms. The highest BCUT2D eigenvalue weighted by Gasteiger charge is 2.09. The lowest BCUT2D eigenvalue weighted by Gasteiger charge is -2.12. The van der Waals surface area contributed by atoms with Crippen molar-refractivity contribution in [1.82, 2.24) is 0 Å². The summed E-state index contributed by atoms with van der Waals surface area (Å²) in [6, 6.07) is 9.45. The van der Waals surface area contributed by atoms with Gasteiger partial charge in [0.2, 0.25) is 5.91 Å². The Morgan fingerprint density at radius 3 is 2.68 bits per heavy atom. The fraction of sp³-hybridized carbons (Fsp3) is 0.188. The summed E-state index contributed by atoms with van der Waals surface area (Å²) in [7, 11) is 1.54. The fourth-order valence-corrected chi connectivity index (χ4v) is 2.16. The molecule has 0 bridgehead atoms. The van der Waals surface area contributed by atoms with Gasteiger partial charge in [-0.05, 0) is 42.8 Å². The molecule has 4 nitrogen and oxygen atoms in total. The summed E-state index contributed by atoms with van der Waals surface area (Å²) < 4.78 is 18.1. The fourth-order valence-electron chi connectivity index (χ4n) is 1.92. The molecule has 2 rings (SSSR count). The van der Waals surface area contributed by atoms with Gasteiger partial charge in [-0.15, -0.1) is 0 Å². The zero-order chi connectivity index (χ0) is 16.1. The van der Waals surface area contributed by atoms with Gasteiger partial charge in [-0.25, -0.2) is 4.39 Å². The van der Waals surface area contributed by atoms with Crippen LogP contribution < -0.4 is 15.4 Å². The SMILES string of the molecule is COc1ccc(C)cc1NC(=O)CNc1ccc(F)cc1Cl.